The van der Waals surface area contributed by atoms with Gasteiger partial charge in [-0.3, -0.25) is 0 Å². The number of sulfonamides is 1. The highest BCUT2D eigenvalue weighted by molar-refractivity contribution is 7.89. The molecule has 2 rings (SSSR count). The molecule has 0 unspecified atom stereocenters. The van der Waals surface area contributed by atoms with Crippen molar-refractivity contribution in [3.63, 3.8) is 0 Å². The summed E-state index contributed by atoms with van der Waals surface area (Å²) in [6.07, 6.45) is 0. The van der Waals surface area contributed by atoms with E-state index in [9.17, 15) is 8.42 Å². The normalized spacial score (nSPS) is 11.9. The van der Waals surface area contributed by atoms with Crippen LogP contribution in [0, 0.1) is 0 Å². The maximum Gasteiger partial charge on any atom is 0.245 e. The van der Waals surface area contributed by atoms with Crippen LogP contribution in [0.5, 0.6) is 0 Å². The topological polar surface area (TPSA) is 63.4 Å². The van der Waals surface area contributed by atoms with Gasteiger partial charge < -0.3 is 5.73 Å². The Hall–Kier alpha value is -1.08. The Morgan fingerprint density at radius 3 is 2.50 bits per heavy atom. The van der Waals surface area contributed by atoms with Crippen LogP contribution in [0.3, 0.4) is 0 Å². The molecule has 0 aliphatic carbocycles. The second-order valence-electron chi connectivity index (χ2n) is 4.17. The summed E-state index contributed by atoms with van der Waals surface area (Å²) in [7, 11) is -3.60. The molecule has 1 aromatic carbocycles. The molecular weight excluding hydrogens is 316 g/mol. The van der Waals surface area contributed by atoms with E-state index in [2.05, 4.69) is 0 Å². The molecule has 108 valence electrons. The monoisotopic (exact) mass is 330 g/mol. The van der Waals surface area contributed by atoms with Crippen molar-refractivity contribution in [1.29, 1.82) is 0 Å². The van der Waals surface area contributed by atoms with E-state index in [1.807, 2.05) is 6.07 Å². The molecule has 0 aliphatic rings. The first kappa shape index (κ1) is 15.3. The van der Waals surface area contributed by atoms with E-state index < -0.39 is 10.0 Å². The van der Waals surface area contributed by atoms with Gasteiger partial charge in [-0.2, -0.15) is 4.31 Å². The van der Waals surface area contributed by atoms with Crippen LogP contribution in [-0.2, 0) is 16.6 Å². The molecule has 1 aromatic heterocycles. The number of nitrogens with two attached hydrogens (primary N) is 1. The summed E-state index contributed by atoms with van der Waals surface area (Å²) in [6, 6.07) is 10.1. The fourth-order valence-electron chi connectivity index (χ4n) is 1.83. The Labute approximate surface area is 127 Å². The standard InChI is InChI=1S/C13H15ClN2O2S2/c1-2-16(9-10-7-8-13(14)19-10)20(17,18)12-6-4-3-5-11(12)15/h3-8H,2,9,15H2,1H3. The number of nitrogens with zero attached hydrogens (tertiary/aromatic N) is 1. The lowest BCUT2D eigenvalue weighted by Crippen LogP contribution is -2.30. The molecule has 0 fully saturated rings. The minimum Gasteiger partial charge on any atom is -0.398 e. The molecule has 0 spiro atoms. The summed E-state index contributed by atoms with van der Waals surface area (Å²) in [6.45, 7) is 2.46. The number of hydrogen-bond acceptors (Lipinski definition) is 4. The summed E-state index contributed by atoms with van der Waals surface area (Å²) in [5, 5.41) is 0. The number of anilines is 1. The van der Waals surface area contributed by atoms with E-state index in [0.717, 1.165) is 4.88 Å². The maximum absolute atomic E-state index is 12.6. The second-order valence-corrected chi connectivity index (χ2v) is 7.88. The quantitative estimate of drug-likeness (QED) is 0.856. The van der Waals surface area contributed by atoms with Crippen molar-refractivity contribution in [2.75, 3.05) is 12.3 Å². The highest BCUT2D eigenvalue weighted by atomic mass is 35.5. The third kappa shape index (κ3) is 3.15. The second kappa shape index (κ2) is 6.13. The van der Waals surface area contributed by atoms with Gasteiger partial charge in [0.05, 0.1) is 10.0 Å². The van der Waals surface area contributed by atoms with Crippen molar-refractivity contribution < 1.29 is 8.42 Å². The average molecular weight is 331 g/mol. The minimum absolute atomic E-state index is 0.143. The van der Waals surface area contributed by atoms with Crippen molar-refractivity contribution in [3.05, 3.63) is 45.6 Å². The largest absolute Gasteiger partial charge is 0.398 e. The van der Waals surface area contributed by atoms with E-state index in [1.54, 1.807) is 31.2 Å². The predicted octanol–water partition coefficient (Wildman–Crippen LogP) is 3.19. The first-order valence-electron chi connectivity index (χ1n) is 6.04. The van der Waals surface area contributed by atoms with Crippen molar-refractivity contribution in [1.82, 2.24) is 4.31 Å². The number of benzene rings is 1. The number of nitrogen functional groups attached to an aromatic ring is 1. The highest BCUT2D eigenvalue weighted by Gasteiger charge is 2.25. The van der Waals surface area contributed by atoms with Crippen LogP contribution in [0.15, 0.2) is 41.3 Å². The molecule has 2 aromatic rings. The third-order valence-corrected chi connectivity index (χ3v) is 6.06. The fourth-order valence-corrected chi connectivity index (χ4v) is 4.56. The van der Waals surface area contributed by atoms with Crippen molar-refractivity contribution in [2.45, 2.75) is 18.4 Å². The summed E-state index contributed by atoms with van der Waals surface area (Å²) < 4.78 is 27.3. The van der Waals surface area contributed by atoms with E-state index in [4.69, 9.17) is 17.3 Å². The lowest BCUT2D eigenvalue weighted by molar-refractivity contribution is 0.426. The maximum atomic E-state index is 12.6. The number of halogens is 1. The first-order chi connectivity index (χ1) is 9.45. The molecule has 0 aliphatic heterocycles. The third-order valence-electron chi connectivity index (χ3n) is 2.85. The zero-order valence-electron chi connectivity index (χ0n) is 10.9. The highest BCUT2D eigenvalue weighted by Crippen LogP contribution is 2.27. The van der Waals surface area contributed by atoms with Gasteiger partial charge in [0.25, 0.3) is 0 Å². The molecule has 4 nitrogen and oxygen atoms in total. The number of thiophene rings is 1. The van der Waals surface area contributed by atoms with Crippen LogP contribution < -0.4 is 5.73 Å². The fraction of sp³-hybridized carbons (Fsp3) is 0.231. The number of para-hydroxylation sites is 1. The van der Waals surface area contributed by atoms with E-state index in [0.29, 0.717) is 17.4 Å². The van der Waals surface area contributed by atoms with E-state index >= 15 is 0 Å². The summed E-state index contributed by atoms with van der Waals surface area (Å²) in [5.41, 5.74) is 6.03. The van der Waals surface area contributed by atoms with Gasteiger partial charge >= 0.3 is 0 Å². The van der Waals surface area contributed by atoms with Gasteiger partial charge in [-0.25, -0.2) is 8.42 Å². The van der Waals surface area contributed by atoms with Gasteiger partial charge in [-0.1, -0.05) is 30.7 Å². The van der Waals surface area contributed by atoms with Crippen molar-refractivity contribution >= 4 is 38.6 Å². The molecule has 1 heterocycles. The lowest BCUT2D eigenvalue weighted by atomic mass is 10.3. The van der Waals surface area contributed by atoms with Gasteiger partial charge in [0.1, 0.15) is 4.90 Å². The van der Waals surface area contributed by atoms with Gasteiger partial charge in [-0.05, 0) is 24.3 Å². The Balaban J connectivity index is 2.33. The van der Waals surface area contributed by atoms with Crippen molar-refractivity contribution in [2.24, 2.45) is 0 Å². The van der Waals surface area contributed by atoms with Crippen LogP contribution in [0.25, 0.3) is 0 Å². The molecule has 0 atom stereocenters. The van der Waals surface area contributed by atoms with Gasteiger partial charge in [0.15, 0.2) is 0 Å². The van der Waals surface area contributed by atoms with Crippen LogP contribution in [0.4, 0.5) is 5.69 Å². The Morgan fingerprint density at radius 2 is 1.95 bits per heavy atom. The van der Waals surface area contributed by atoms with E-state index in [1.165, 1.54) is 21.7 Å². The van der Waals surface area contributed by atoms with E-state index in [-0.39, 0.29) is 10.6 Å². The first-order valence-corrected chi connectivity index (χ1v) is 8.67. The molecule has 20 heavy (non-hydrogen) atoms. The number of rotatable bonds is 5. The molecule has 7 heteroatoms. The Kier molecular flexibility index (Phi) is 4.70. The zero-order valence-corrected chi connectivity index (χ0v) is 13.3. The molecule has 0 radical (unpaired) electrons. The molecule has 0 amide bonds. The molecule has 2 N–H and O–H groups in total. The smallest absolute Gasteiger partial charge is 0.245 e. The van der Waals surface area contributed by atoms with Crippen LogP contribution in [-0.4, -0.2) is 19.3 Å². The molecule has 0 bridgehead atoms. The van der Waals surface area contributed by atoms with Crippen molar-refractivity contribution in [3.8, 4) is 0 Å². The molecule has 0 saturated heterocycles. The van der Waals surface area contributed by atoms with Gasteiger partial charge in [0.2, 0.25) is 10.0 Å². The van der Waals surface area contributed by atoms with Gasteiger partial charge in [-0.15, -0.1) is 11.3 Å². The van der Waals surface area contributed by atoms with Crippen LogP contribution >= 0.6 is 22.9 Å². The minimum atomic E-state index is -3.60. The summed E-state index contributed by atoms with van der Waals surface area (Å²) >= 11 is 7.25. The number of hydrogen-bond donors (Lipinski definition) is 1. The SMILES string of the molecule is CCN(Cc1ccc(Cl)s1)S(=O)(=O)c1ccccc1N. The summed E-state index contributed by atoms with van der Waals surface area (Å²) in [5.74, 6) is 0. The lowest BCUT2D eigenvalue weighted by Gasteiger charge is -2.20. The predicted molar refractivity (Wildman–Crippen MR) is 83.5 cm³/mol. The molecular formula is C13H15ClN2O2S2. The van der Waals surface area contributed by atoms with Crippen LogP contribution in [0.1, 0.15) is 11.8 Å². The molecule has 0 saturated carbocycles. The average Bonchev–Trinajstić information content (AvgIpc) is 2.81. The van der Waals surface area contributed by atoms with Gasteiger partial charge in [0, 0.05) is 18.0 Å². The van der Waals surface area contributed by atoms with Crippen LogP contribution in [0.2, 0.25) is 4.34 Å². The zero-order chi connectivity index (χ0) is 14.8. The Morgan fingerprint density at radius 1 is 1.25 bits per heavy atom. The summed E-state index contributed by atoms with van der Waals surface area (Å²) in [4.78, 5) is 1.04. The Bertz CT molecular complexity index is 698.